The summed E-state index contributed by atoms with van der Waals surface area (Å²) in [6.45, 7) is 5.17. The number of amides is 1. The van der Waals surface area contributed by atoms with Gasteiger partial charge in [0, 0.05) is 19.7 Å². The monoisotopic (exact) mass is 200 g/mol. The predicted molar refractivity (Wildman–Crippen MR) is 55.1 cm³/mol. The van der Waals surface area contributed by atoms with Crippen LogP contribution < -0.4 is 10.6 Å². The molecule has 4 nitrogen and oxygen atoms in total. The van der Waals surface area contributed by atoms with Crippen LogP contribution >= 0.6 is 0 Å². The predicted octanol–water partition coefficient (Wildman–Crippen LogP) is 0.281. The van der Waals surface area contributed by atoms with E-state index >= 15 is 0 Å². The van der Waals surface area contributed by atoms with Gasteiger partial charge in [-0.05, 0) is 19.3 Å². The van der Waals surface area contributed by atoms with Gasteiger partial charge < -0.3 is 15.4 Å². The maximum absolute atomic E-state index is 11.3. The van der Waals surface area contributed by atoms with E-state index in [0.29, 0.717) is 6.61 Å². The summed E-state index contributed by atoms with van der Waals surface area (Å²) in [6, 6.07) is -0.00558. The van der Waals surface area contributed by atoms with Crippen LogP contribution in [0.1, 0.15) is 26.2 Å². The molecule has 1 saturated heterocycles. The summed E-state index contributed by atoms with van der Waals surface area (Å²) < 4.78 is 5.31. The third-order valence-corrected chi connectivity index (χ3v) is 2.27. The number of carbonyl (C=O) groups is 1. The Balaban J connectivity index is 2.02. The highest BCUT2D eigenvalue weighted by Crippen LogP contribution is 2.01. The molecule has 14 heavy (non-hydrogen) atoms. The van der Waals surface area contributed by atoms with Gasteiger partial charge in [-0.15, -0.1) is 0 Å². The zero-order valence-corrected chi connectivity index (χ0v) is 8.84. The van der Waals surface area contributed by atoms with Crippen molar-refractivity contribution in [3.63, 3.8) is 0 Å². The molecule has 0 radical (unpaired) electrons. The lowest BCUT2D eigenvalue weighted by Gasteiger charge is -2.22. The number of hydrogen-bond acceptors (Lipinski definition) is 3. The largest absolute Gasteiger partial charge is 0.380 e. The summed E-state index contributed by atoms with van der Waals surface area (Å²) in [5.74, 6) is 0.131. The zero-order chi connectivity index (χ0) is 10.2. The number of ether oxygens (including phenoxy) is 1. The first-order chi connectivity index (χ1) is 6.84. The summed E-state index contributed by atoms with van der Waals surface area (Å²) in [5, 5.41) is 6.04. The molecule has 4 heteroatoms. The first kappa shape index (κ1) is 11.5. The van der Waals surface area contributed by atoms with Crippen molar-refractivity contribution in [1.29, 1.82) is 0 Å². The molecular weight excluding hydrogens is 180 g/mol. The third kappa shape index (κ3) is 4.07. The second-order valence-corrected chi connectivity index (χ2v) is 3.55. The fraction of sp³-hybridized carbons (Fsp3) is 0.900. The molecule has 1 aliphatic rings. The van der Waals surface area contributed by atoms with Crippen molar-refractivity contribution in [2.45, 2.75) is 32.2 Å². The molecule has 0 aromatic rings. The minimum Gasteiger partial charge on any atom is -0.380 e. The molecule has 1 amide bonds. The molecule has 1 heterocycles. The Labute approximate surface area is 85.4 Å². The van der Waals surface area contributed by atoms with E-state index in [9.17, 15) is 4.79 Å². The van der Waals surface area contributed by atoms with Gasteiger partial charge in [0.15, 0.2) is 0 Å². The van der Waals surface area contributed by atoms with Gasteiger partial charge in [-0.2, -0.15) is 0 Å². The van der Waals surface area contributed by atoms with E-state index in [0.717, 1.165) is 39.0 Å². The maximum atomic E-state index is 11.3. The molecule has 1 unspecified atom stereocenters. The van der Waals surface area contributed by atoms with Crippen LogP contribution in [0.2, 0.25) is 0 Å². The lowest BCUT2D eigenvalue weighted by atomic mass is 10.1. The lowest BCUT2D eigenvalue weighted by Crippen LogP contribution is -2.49. The number of hydrogen-bond donors (Lipinski definition) is 2. The Morgan fingerprint density at radius 2 is 2.43 bits per heavy atom. The van der Waals surface area contributed by atoms with Crippen LogP contribution in [0.3, 0.4) is 0 Å². The van der Waals surface area contributed by atoms with Crippen molar-refractivity contribution < 1.29 is 9.53 Å². The lowest BCUT2D eigenvalue weighted by molar-refractivity contribution is -0.124. The Morgan fingerprint density at radius 3 is 3.14 bits per heavy atom. The molecule has 0 aliphatic carbocycles. The smallest absolute Gasteiger partial charge is 0.237 e. The van der Waals surface area contributed by atoms with Gasteiger partial charge in [-0.3, -0.25) is 4.79 Å². The van der Waals surface area contributed by atoms with Crippen molar-refractivity contribution in [2.75, 3.05) is 26.3 Å². The molecule has 0 bridgehead atoms. The second-order valence-electron chi connectivity index (χ2n) is 3.55. The van der Waals surface area contributed by atoms with E-state index in [1.165, 1.54) is 0 Å². The van der Waals surface area contributed by atoms with E-state index in [1.54, 1.807) is 0 Å². The van der Waals surface area contributed by atoms with Crippen LogP contribution in [0.15, 0.2) is 0 Å². The van der Waals surface area contributed by atoms with Gasteiger partial charge in [0.05, 0.1) is 12.6 Å². The summed E-state index contributed by atoms with van der Waals surface area (Å²) >= 11 is 0. The number of piperidine rings is 1. The first-order valence-electron chi connectivity index (χ1n) is 5.43. The average molecular weight is 200 g/mol. The molecule has 82 valence electrons. The summed E-state index contributed by atoms with van der Waals surface area (Å²) in [7, 11) is 0. The average Bonchev–Trinajstić information content (AvgIpc) is 2.20. The minimum atomic E-state index is -0.00558. The summed E-state index contributed by atoms with van der Waals surface area (Å²) in [5.41, 5.74) is 0. The second kappa shape index (κ2) is 6.79. The van der Waals surface area contributed by atoms with Gasteiger partial charge in [0.1, 0.15) is 0 Å². The topological polar surface area (TPSA) is 50.4 Å². The minimum absolute atomic E-state index is 0.00558. The highest BCUT2D eigenvalue weighted by Gasteiger charge is 2.20. The van der Waals surface area contributed by atoms with Crippen molar-refractivity contribution >= 4 is 5.91 Å². The number of carbonyl (C=O) groups excluding carboxylic acids is 1. The quantitative estimate of drug-likeness (QED) is 0.606. The number of nitrogens with one attached hydrogen (secondary N) is 2. The molecule has 0 spiro atoms. The standard InChI is InChI=1S/C10H20N2O2/c1-2-7-14-8-6-11-9-4-3-5-12-10(9)13/h9,11H,2-8H2,1H3,(H,12,13). The molecule has 1 atom stereocenters. The van der Waals surface area contributed by atoms with E-state index in [-0.39, 0.29) is 11.9 Å². The zero-order valence-electron chi connectivity index (χ0n) is 8.84. The number of rotatable bonds is 6. The van der Waals surface area contributed by atoms with Crippen LogP contribution in [0, 0.1) is 0 Å². The van der Waals surface area contributed by atoms with Crippen LogP contribution in [-0.4, -0.2) is 38.3 Å². The summed E-state index contributed by atoms with van der Waals surface area (Å²) in [6.07, 6.45) is 3.06. The first-order valence-corrected chi connectivity index (χ1v) is 5.43. The van der Waals surface area contributed by atoms with Gasteiger partial charge in [0.2, 0.25) is 5.91 Å². The maximum Gasteiger partial charge on any atom is 0.237 e. The van der Waals surface area contributed by atoms with Gasteiger partial charge >= 0.3 is 0 Å². The normalized spacial score (nSPS) is 22.1. The Morgan fingerprint density at radius 1 is 1.57 bits per heavy atom. The third-order valence-electron chi connectivity index (χ3n) is 2.27. The van der Waals surface area contributed by atoms with Crippen LogP contribution in [0.5, 0.6) is 0 Å². The molecule has 0 aromatic heterocycles. The van der Waals surface area contributed by atoms with Crippen LogP contribution in [0.25, 0.3) is 0 Å². The fourth-order valence-corrected chi connectivity index (χ4v) is 1.52. The summed E-state index contributed by atoms with van der Waals surface area (Å²) in [4.78, 5) is 11.3. The van der Waals surface area contributed by atoms with Gasteiger partial charge in [-0.1, -0.05) is 6.92 Å². The molecule has 1 fully saturated rings. The van der Waals surface area contributed by atoms with E-state index in [4.69, 9.17) is 4.74 Å². The molecular formula is C10H20N2O2. The van der Waals surface area contributed by atoms with Crippen LogP contribution in [-0.2, 0) is 9.53 Å². The van der Waals surface area contributed by atoms with Gasteiger partial charge in [0.25, 0.3) is 0 Å². The molecule has 0 aromatic carbocycles. The molecule has 2 N–H and O–H groups in total. The van der Waals surface area contributed by atoms with Gasteiger partial charge in [-0.25, -0.2) is 0 Å². The van der Waals surface area contributed by atoms with Crippen molar-refractivity contribution in [3.8, 4) is 0 Å². The van der Waals surface area contributed by atoms with E-state index < -0.39 is 0 Å². The van der Waals surface area contributed by atoms with E-state index in [2.05, 4.69) is 17.6 Å². The highest BCUT2D eigenvalue weighted by molar-refractivity contribution is 5.82. The highest BCUT2D eigenvalue weighted by atomic mass is 16.5. The van der Waals surface area contributed by atoms with Crippen LogP contribution in [0.4, 0.5) is 0 Å². The molecule has 0 saturated carbocycles. The van der Waals surface area contributed by atoms with Crippen molar-refractivity contribution in [3.05, 3.63) is 0 Å². The Kier molecular flexibility index (Phi) is 5.56. The molecule has 1 rings (SSSR count). The van der Waals surface area contributed by atoms with E-state index in [1.807, 2.05) is 0 Å². The van der Waals surface area contributed by atoms with Crippen molar-refractivity contribution in [1.82, 2.24) is 10.6 Å². The Bertz CT molecular complexity index is 174. The SMILES string of the molecule is CCCOCCNC1CCCNC1=O. The Hall–Kier alpha value is -0.610. The molecule has 1 aliphatic heterocycles. The fourth-order valence-electron chi connectivity index (χ4n) is 1.52. The van der Waals surface area contributed by atoms with Crippen molar-refractivity contribution in [2.24, 2.45) is 0 Å².